The summed E-state index contributed by atoms with van der Waals surface area (Å²) in [7, 11) is 1.41. The molecule has 0 spiro atoms. The van der Waals surface area contributed by atoms with Gasteiger partial charge in [0.25, 0.3) is 0 Å². The maximum absolute atomic E-state index is 13.3. The van der Waals surface area contributed by atoms with Gasteiger partial charge in [0.1, 0.15) is 0 Å². The van der Waals surface area contributed by atoms with Crippen molar-refractivity contribution in [2.24, 2.45) is 5.92 Å². The van der Waals surface area contributed by atoms with Crippen molar-refractivity contribution < 1.29 is 19.0 Å². The number of urea groups is 1. The Kier molecular flexibility index (Phi) is 6.61. The van der Waals surface area contributed by atoms with Crippen molar-refractivity contribution in [3.8, 4) is 5.75 Å². The second-order valence-electron chi connectivity index (χ2n) is 5.84. The van der Waals surface area contributed by atoms with Crippen LogP contribution in [-0.2, 0) is 6.42 Å². The third-order valence-electron chi connectivity index (χ3n) is 3.77. The van der Waals surface area contributed by atoms with Gasteiger partial charge in [0.05, 0.1) is 12.7 Å². The topological polar surface area (TPSA) is 70.6 Å². The van der Waals surface area contributed by atoms with Crippen LogP contribution in [0, 0.1) is 11.7 Å². The fraction of sp³-hybridized carbons (Fsp3) is 0.562. The maximum Gasteiger partial charge on any atom is 0.314 e. The summed E-state index contributed by atoms with van der Waals surface area (Å²) >= 11 is 0. The molecular formula is C16H25FN2O3. The monoisotopic (exact) mass is 312 g/mol. The van der Waals surface area contributed by atoms with Gasteiger partial charge in [-0.15, -0.1) is 0 Å². The third-order valence-corrected chi connectivity index (χ3v) is 3.77. The number of methoxy groups -OCH3 is 1. The van der Waals surface area contributed by atoms with Crippen molar-refractivity contribution in [1.82, 2.24) is 10.6 Å². The molecule has 3 N–H and O–H groups in total. The molecule has 0 fully saturated rings. The molecule has 2 amide bonds. The number of rotatable bonds is 7. The van der Waals surface area contributed by atoms with Crippen LogP contribution >= 0.6 is 0 Å². The van der Waals surface area contributed by atoms with E-state index in [1.807, 2.05) is 13.8 Å². The van der Waals surface area contributed by atoms with E-state index in [1.54, 1.807) is 19.1 Å². The fourth-order valence-electron chi connectivity index (χ4n) is 1.71. The van der Waals surface area contributed by atoms with Crippen molar-refractivity contribution in [2.75, 3.05) is 20.2 Å². The van der Waals surface area contributed by atoms with Crippen LogP contribution < -0.4 is 15.4 Å². The van der Waals surface area contributed by atoms with E-state index in [9.17, 15) is 14.3 Å². The summed E-state index contributed by atoms with van der Waals surface area (Å²) in [5.41, 5.74) is -0.0745. The lowest BCUT2D eigenvalue weighted by Crippen LogP contribution is -2.47. The first-order valence-electron chi connectivity index (χ1n) is 7.32. The highest BCUT2D eigenvalue weighted by Gasteiger charge is 2.25. The first kappa shape index (κ1) is 18.2. The number of amides is 2. The van der Waals surface area contributed by atoms with Gasteiger partial charge in [0, 0.05) is 13.1 Å². The Morgan fingerprint density at radius 2 is 2.09 bits per heavy atom. The summed E-state index contributed by atoms with van der Waals surface area (Å²) in [5, 5.41) is 15.4. The van der Waals surface area contributed by atoms with E-state index in [2.05, 4.69) is 10.6 Å². The Labute approximate surface area is 130 Å². The van der Waals surface area contributed by atoms with Crippen LogP contribution in [0.25, 0.3) is 0 Å². The third kappa shape index (κ3) is 5.52. The van der Waals surface area contributed by atoms with Crippen LogP contribution in [-0.4, -0.2) is 36.9 Å². The van der Waals surface area contributed by atoms with E-state index in [0.717, 1.165) is 5.56 Å². The number of benzene rings is 1. The van der Waals surface area contributed by atoms with Gasteiger partial charge in [-0.1, -0.05) is 19.9 Å². The molecule has 6 heteroatoms. The number of halogens is 1. The van der Waals surface area contributed by atoms with Crippen molar-refractivity contribution in [1.29, 1.82) is 0 Å². The molecule has 1 unspecified atom stereocenters. The van der Waals surface area contributed by atoms with Crippen LogP contribution in [0.5, 0.6) is 5.75 Å². The summed E-state index contributed by atoms with van der Waals surface area (Å²) in [5.74, 6) is -0.178. The minimum Gasteiger partial charge on any atom is -0.494 e. The van der Waals surface area contributed by atoms with Crippen molar-refractivity contribution in [2.45, 2.75) is 32.8 Å². The Bertz CT molecular complexity index is 504. The molecule has 0 saturated carbocycles. The minimum absolute atomic E-state index is 0.0412. The number of hydrogen-bond donors (Lipinski definition) is 3. The molecule has 5 nitrogen and oxygen atoms in total. The lowest BCUT2D eigenvalue weighted by Gasteiger charge is -2.27. The summed E-state index contributed by atoms with van der Waals surface area (Å²) in [6, 6.07) is 4.27. The second kappa shape index (κ2) is 7.98. The average molecular weight is 312 g/mol. The molecule has 0 aliphatic rings. The predicted octanol–water partition coefficient (Wildman–Crippen LogP) is 2.08. The first-order chi connectivity index (χ1) is 10.3. The van der Waals surface area contributed by atoms with Crippen LogP contribution in [0.4, 0.5) is 9.18 Å². The quantitative estimate of drug-likeness (QED) is 0.722. The van der Waals surface area contributed by atoms with Gasteiger partial charge in [0.2, 0.25) is 0 Å². The van der Waals surface area contributed by atoms with Gasteiger partial charge < -0.3 is 20.5 Å². The van der Waals surface area contributed by atoms with E-state index >= 15 is 0 Å². The van der Waals surface area contributed by atoms with E-state index in [0.29, 0.717) is 13.0 Å². The van der Waals surface area contributed by atoms with E-state index in [4.69, 9.17) is 4.74 Å². The molecule has 124 valence electrons. The molecule has 1 rings (SSSR count). The Morgan fingerprint density at radius 3 is 2.68 bits per heavy atom. The van der Waals surface area contributed by atoms with Gasteiger partial charge >= 0.3 is 6.03 Å². The highest BCUT2D eigenvalue weighted by atomic mass is 19.1. The molecule has 1 atom stereocenters. The van der Waals surface area contributed by atoms with Crippen molar-refractivity contribution in [3.63, 3.8) is 0 Å². The molecule has 22 heavy (non-hydrogen) atoms. The molecule has 0 heterocycles. The Hall–Kier alpha value is -1.82. The molecular weight excluding hydrogens is 287 g/mol. The van der Waals surface area contributed by atoms with E-state index < -0.39 is 11.4 Å². The number of aliphatic hydroxyl groups is 1. The number of carbonyl (C=O) groups is 1. The smallest absolute Gasteiger partial charge is 0.314 e. The molecule has 0 bridgehead atoms. The minimum atomic E-state index is -0.943. The number of hydrogen-bond acceptors (Lipinski definition) is 3. The summed E-state index contributed by atoms with van der Waals surface area (Å²) in [6.45, 7) is 6.05. The van der Waals surface area contributed by atoms with Crippen molar-refractivity contribution >= 4 is 6.03 Å². The zero-order chi connectivity index (χ0) is 16.8. The van der Waals surface area contributed by atoms with Gasteiger partial charge in [-0.3, -0.25) is 0 Å². The molecule has 1 aromatic rings. The normalized spacial score (nSPS) is 13.6. The number of ether oxygens (including phenoxy) is 1. The van der Waals surface area contributed by atoms with Crippen LogP contribution in [0.15, 0.2) is 18.2 Å². The SMILES string of the molecule is COc1cc(CCNC(=O)NCC(C)(O)C(C)C)ccc1F. The first-order valence-corrected chi connectivity index (χ1v) is 7.32. The van der Waals surface area contributed by atoms with Crippen LogP contribution in [0.3, 0.4) is 0 Å². The summed E-state index contributed by atoms with van der Waals surface area (Å²) in [6.07, 6.45) is 0.560. The Morgan fingerprint density at radius 1 is 1.41 bits per heavy atom. The molecule has 0 aliphatic heterocycles. The van der Waals surface area contributed by atoms with Gasteiger partial charge in [-0.05, 0) is 37.0 Å². The second-order valence-corrected chi connectivity index (χ2v) is 5.84. The molecule has 0 radical (unpaired) electrons. The van der Waals surface area contributed by atoms with Gasteiger partial charge in [-0.25, -0.2) is 9.18 Å². The van der Waals surface area contributed by atoms with Crippen molar-refractivity contribution in [3.05, 3.63) is 29.6 Å². The van der Waals surface area contributed by atoms with E-state index in [-0.39, 0.29) is 24.2 Å². The number of nitrogens with one attached hydrogen (secondary N) is 2. The number of carbonyl (C=O) groups excluding carboxylic acids is 1. The highest BCUT2D eigenvalue weighted by Crippen LogP contribution is 2.18. The Balaban J connectivity index is 2.36. The zero-order valence-corrected chi connectivity index (χ0v) is 13.6. The van der Waals surface area contributed by atoms with Crippen LogP contribution in [0.2, 0.25) is 0 Å². The average Bonchev–Trinajstić information content (AvgIpc) is 2.46. The lowest BCUT2D eigenvalue weighted by atomic mass is 9.93. The molecule has 0 aromatic heterocycles. The highest BCUT2D eigenvalue weighted by molar-refractivity contribution is 5.73. The van der Waals surface area contributed by atoms with Gasteiger partial charge in [-0.2, -0.15) is 0 Å². The standard InChI is InChI=1S/C16H25FN2O3/c1-11(2)16(3,21)10-19-15(20)18-8-7-12-5-6-13(17)14(9-12)22-4/h5-6,9,11,21H,7-8,10H2,1-4H3,(H2,18,19,20). The molecule has 1 aromatic carbocycles. The lowest BCUT2D eigenvalue weighted by molar-refractivity contribution is 0.0166. The summed E-state index contributed by atoms with van der Waals surface area (Å²) in [4.78, 5) is 11.7. The predicted molar refractivity (Wildman–Crippen MR) is 83.5 cm³/mol. The molecule has 0 aliphatic carbocycles. The largest absolute Gasteiger partial charge is 0.494 e. The fourth-order valence-corrected chi connectivity index (χ4v) is 1.71. The maximum atomic E-state index is 13.3. The molecule has 0 saturated heterocycles. The van der Waals surface area contributed by atoms with E-state index in [1.165, 1.54) is 13.2 Å². The summed E-state index contributed by atoms with van der Waals surface area (Å²) < 4.78 is 18.2. The van der Waals surface area contributed by atoms with Crippen LogP contribution in [0.1, 0.15) is 26.3 Å². The zero-order valence-electron chi connectivity index (χ0n) is 13.6. The van der Waals surface area contributed by atoms with Gasteiger partial charge in [0.15, 0.2) is 11.6 Å².